The summed E-state index contributed by atoms with van der Waals surface area (Å²) in [5.74, 6) is 1.30. The molecule has 0 aliphatic heterocycles. The molecule has 0 aromatic heterocycles. The van der Waals surface area contributed by atoms with Crippen molar-refractivity contribution in [2.24, 2.45) is 5.92 Å². The fourth-order valence-electron chi connectivity index (χ4n) is 3.24. The first kappa shape index (κ1) is 13.9. The van der Waals surface area contributed by atoms with Crippen molar-refractivity contribution in [3.63, 3.8) is 0 Å². The third kappa shape index (κ3) is 2.11. The van der Waals surface area contributed by atoms with Crippen LogP contribution in [0, 0.1) is 19.8 Å². The zero-order valence-electron chi connectivity index (χ0n) is 12.7. The molecule has 1 aromatic carbocycles. The molecule has 0 saturated carbocycles. The highest BCUT2D eigenvalue weighted by Crippen LogP contribution is 2.48. The van der Waals surface area contributed by atoms with Crippen LogP contribution in [0.4, 0.5) is 4.79 Å². The Labute approximate surface area is 115 Å². The highest BCUT2D eigenvalue weighted by atomic mass is 16.6. The first-order valence-electron chi connectivity index (χ1n) is 6.82. The Bertz CT molecular complexity index is 532. The van der Waals surface area contributed by atoms with Gasteiger partial charge in [0.15, 0.2) is 0 Å². The minimum absolute atomic E-state index is 0.133. The lowest BCUT2D eigenvalue weighted by atomic mass is 9.78. The van der Waals surface area contributed by atoms with Crippen LogP contribution in [0.1, 0.15) is 43.0 Å². The average molecular weight is 261 g/mol. The predicted octanol–water partition coefficient (Wildman–Crippen LogP) is 3.49. The molecule has 1 aliphatic carbocycles. The van der Waals surface area contributed by atoms with Crippen molar-refractivity contribution < 1.29 is 9.53 Å². The number of aryl methyl sites for hydroxylation is 2. The minimum atomic E-state index is -0.397. The van der Waals surface area contributed by atoms with E-state index in [1.165, 1.54) is 16.7 Å². The zero-order chi connectivity index (χ0) is 14.4. The van der Waals surface area contributed by atoms with E-state index in [-0.39, 0.29) is 5.41 Å². The molecule has 0 saturated heterocycles. The number of hydrogen-bond acceptors (Lipinski definition) is 2. The fourth-order valence-corrected chi connectivity index (χ4v) is 3.24. The maximum atomic E-state index is 11.5. The van der Waals surface area contributed by atoms with E-state index >= 15 is 0 Å². The average Bonchev–Trinajstić information content (AvgIpc) is 2.55. The minimum Gasteiger partial charge on any atom is -0.410 e. The Morgan fingerprint density at radius 3 is 2.58 bits per heavy atom. The molecular weight excluding hydrogens is 238 g/mol. The van der Waals surface area contributed by atoms with E-state index in [0.717, 1.165) is 17.7 Å². The molecule has 0 bridgehead atoms. The Hall–Kier alpha value is -1.51. The monoisotopic (exact) mass is 261 g/mol. The van der Waals surface area contributed by atoms with Crippen LogP contribution in [-0.4, -0.2) is 13.1 Å². The van der Waals surface area contributed by atoms with Crippen molar-refractivity contribution in [1.82, 2.24) is 5.32 Å². The van der Waals surface area contributed by atoms with Crippen molar-refractivity contribution in [1.29, 1.82) is 0 Å². The van der Waals surface area contributed by atoms with Gasteiger partial charge >= 0.3 is 6.09 Å². The van der Waals surface area contributed by atoms with Gasteiger partial charge in [-0.15, -0.1) is 0 Å². The van der Waals surface area contributed by atoms with Crippen LogP contribution in [-0.2, 0) is 11.8 Å². The summed E-state index contributed by atoms with van der Waals surface area (Å²) < 4.78 is 5.48. The molecule has 3 nitrogen and oxygen atoms in total. The molecule has 1 atom stereocenters. The van der Waals surface area contributed by atoms with Gasteiger partial charge < -0.3 is 10.1 Å². The van der Waals surface area contributed by atoms with Crippen LogP contribution in [0.25, 0.3) is 0 Å². The van der Waals surface area contributed by atoms with Crippen molar-refractivity contribution in [3.8, 4) is 5.75 Å². The molecule has 1 aliphatic rings. The second-order valence-corrected chi connectivity index (χ2v) is 6.16. The quantitative estimate of drug-likeness (QED) is 0.840. The van der Waals surface area contributed by atoms with Gasteiger partial charge in [0.1, 0.15) is 5.75 Å². The zero-order valence-corrected chi connectivity index (χ0v) is 12.7. The Kier molecular flexibility index (Phi) is 3.33. The van der Waals surface area contributed by atoms with E-state index in [0.29, 0.717) is 5.92 Å². The molecule has 0 fully saturated rings. The van der Waals surface area contributed by atoms with Crippen molar-refractivity contribution >= 4 is 6.09 Å². The summed E-state index contributed by atoms with van der Waals surface area (Å²) in [5, 5.41) is 2.52. The number of benzene rings is 1. The predicted molar refractivity (Wildman–Crippen MR) is 76.9 cm³/mol. The fraction of sp³-hybridized carbons (Fsp3) is 0.562. The van der Waals surface area contributed by atoms with Crippen molar-refractivity contribution in [2.45, 2.75) is 46.5 Å². The highest BCUT2D eigenvalue weighted by Gasteiger charge is 2.40. The van der Waals surface area contributed by atoms with Crippen molar-refractivity contribution in [2.75, 3.05) is 7.05 Å². The Morgan fingerprint density at radius 2 is 2.00 bits per heavy atom. The lowest BCUT2D eigenvalue weighted by molar-refractivity contribution is 0.202. The summed E-state index contributed by atoms with van der Waals surface area (Å²) in [6.07, 6.45) is 0.573. The summed E-state index contributed by atoms with van der Waals surface area (Å²) >= 11 is 0. The van der Waals surface area contributed by atoms with Gasteiger partial charge in [0, 0.05) is 7.05 Å². The van der Waals surface area contributed by atoms with E-state index in [4.69, 9.17) is 4.74 Å². The number of fused-ring (bicyclic) bond motifs is 1. The molecule has 104 valence electrons. The Morgan fingerprint density at radius 1 is 1.37 bits per heavy atom. The number of ether oxygens (including phenoxy) is 1. The number of hydrogen-bond donors (Lipinski definition) is 1. The van der Waals surface area contributed by atoms with E-state index < -0.39 is 6.09 Å². The van der Waals surface area contributed by atoms with Crippen LogP contribution in [0.5, 0.6) is 5.75 Å². The summed E-state index contributed by atoms with van der Waals surface area (Å²) in [7, 11) is 1.58. The molecule has 0 spiro atoms. The van der Waals surface area contributed by atoms with E-state index in [1.807, 2.05) is 6.92 Å². The van der Waals surface area contributed by atoms with Gasteiger partial charge in [-0.2, -0.15) is 0 Å². The van der Waals surface area contributed by atoms with Crippen LogP contribution in [0.15, 0.2) is 6.07 Å². The highest BCUT2D eigenvalue weighted by molar-refractivity contribution is 5.72. The van der Waals surface area contributed by atoms with Crippen LogP contribution >= 0.6 is 0 Å². The van der Waals surface area contributed by atoms with Crippen LogP contribution in [0.3, 0.4) is 0 Å². The maximum absolute atomic E-state index is 11.5. The largest absolute Gasteiger partial charge is 0.412 e. The smallest absolute Gasteiger partial charge is 0.410 e. The number of carbonyl (C=O) groups excluding carboxylic acids is 1. The van der Waals surface area contributed by atoms with E-state index in [9.17, 15) is 4.79 Å². The molecule has 1 N–H and O–H groups in total. The van der Waals surface area contributed by atoms with E-state index in [1.54, 1.807) is 7.05 Å². The first-order chi connectivity index (χ1) is 8.78. The summed E-state index contributed by atoms with van der Waals surface area (Å²) in [6.45, 7) is 11.0. The topological polar surface area (TPSA) is 38.3 Å². The van der Waals surface area contributed by atoms with Crippen LogP contribution in [0.2, 0.25) is 0 Å². The van der Waals surface area contributed by atoms with E-state index in [2.05, 4.69) is 39.1 Å². The van der Waals surface area contributed by atoms with Gasteiger partial charge in [0.2, 0.25) is 0 Å². The van der Waals surface area contributed by atoms with Crippen molar-refractivity contribution in [3.05, 3.63) is 28.3 Å². The summed E-state index contributed by atoms with van der Waals surface area (Å²) in [4.78, 5) is 11.5. The van der Waals surface area contributed by atoms with Gasteiger partial charge in [-0.25, -0.2) is 4.79 Å². The number of carbonyl (C=O) groups is 1. The molecule has 2 rings (SSSR count). The standard InChI is InChI=1S/C16H23NO2/c1-9-7-10(2)14(19-15(18)17-6)12-8-11(3)16(4,5)13(9)12/h7,11H,8H2,1-6H3,(H,17,18). The number of rotatable bonds is 1. The molecule has 1 unspecified atom stereocenters. The van der Waals surface area contributed by atoms with Gasteiger partial charge in [0.05, 0.1) is 0 Å². The molecule has 1 amide bonds. The number of amides is 1. The molecule has 0 heterocycles. The third-order valence-corrected chi connectivity index (χ3v) is 4.55. The van der Waals surface area contributed by atoms with Crippen LogP contribution < -0.4 is 10.1 Å². The van der Waals surface area contributed by atoms with Gasteiger partial charge in [-0.05, 0) is 53.9 Å². The van der Waals surface area contributed by atoms with Gasteiger partial charge in [-0.3, -0.25) is 0 Å². The molecule has 19 heavy (non-hydrogen) atoms. The third-order valence-electron chi connectivity index (χ3n) is 4.55. The summed E-state index contributed by atoms with van der Waals surface area (Å²) in [5.41, 5.74) is 5.02. The molecule has 1 aromatic rings. The lowest BCUT2D eigenvalue weighted by Gasteiger charge is -2.27. The first-order valence-corrected chi connectivity index (χ1v) is 6.82. The van der Waals surface area contributed by atoms with Gasteiger partial charge in [0.25, 0.3) is 0 Å². The second kappa shape index (κ2) is 4.55. The molecular formula is C16H23NO2. The van der Waals surface area contributed by atoms with Gasteiger partial charge in [-0.1, -0.05) is 26.8 Å². The Balaban J connectivity index is 2.60. The SMILES string of the molecule is CNC(=O)Oc1c(C)cc(C)c2c1CC(C)C2(C)C. The summed E-state index contributed by atoms with van der Waals surface area (Å²) in [6, 6.07) is 2.12. The lowest BCUT2D eigenvalue weighted by Crippen LogP contribution is -2.24. The normalized spacial score (nSPS) is 20.0. The second-order valence-electron chi connectivity index (χ2n) is 6.16. The maximum Gasteiger partial charge on any atom is 0.412 e. The molecule has 0 radical (unpaired) electrons. The molecule has 3 heteroatoms. The number of nitrogens with one attached hydrogen (secondary N) is 1.